The Morgan fingerprint density at radius 1 is 1.27 bits per heavy atom. The van der Waals surface area contributed by atoms with Crippen molar-refractivity contribution in [3.05, 3.63) is 18.1 Å². The molecule has 0 radical (unpaired) electrons. The monoisotopic (exact) mass is 208 g/mol. The number of rotatable bonds is 6. The van der Waals surface area contributed by atoms with E-state index >= 15 is 0 Å². The summed E-state index contributed by atoms with van der Waals surface area (Å²) in [6.07, 6.45) is 2.55. The fourth-order valence-corrected chi connectivity index (χ4v) is 1.24. The van der Waals surface area contributed by atoms with Crippen LogP contribution in [0, 0.1) is 0 Å². The van der Waals surface area contributed by atoms with E-state index in [0.717, 1.165) is 31.0 Å². The third-order valence-electron chi connectivity index (χ3n) is 2.07. The van der Waals surface area contributed by atoms with Gasteiger partial charge in [0, 0.05) is 30.9 Å². The highest BCUT2D eigenvalue weighted by Crippen LogP contribution is 2.03. The molecule has 0 unspecified atom stereocenters. The molecule has 2 N–H and O–H groups in total. The molecule has 0 saturated heterocycles. The van der Waals surface area contributed by atoms with Crippen LogP contribution >= 0.6 is 0 Å². The molecule has 0 aromatic carbocycles. The first kappa shape index (κ1) is 11.9. The molecule has 0 aliphatic heterocycles. The molecule has 4 nitrogen and oxygen atoms in total. The van der Waals surface area contributed by atoms with Gasteiger partial charge in [-0.2, -0.15) is 0 Å². The van der Waals surface area contributed by atoms with Crippen LogP contribution in [0.15, 0.2) is 12.4 Å². The lowest BCUT2D eigenvalue weighted by molar-refractivity contribution is 0.602. The van der Waals surface area contributed by atoms with E-state index in [1.807, 2.05) is 6.07 Å². The van der Waals surface area contributed by atoms with Gasteiger partial charge < -0.3 is 10.6 Å². The molecule has 84 valence electrons. The number of aryl methyl sites for hydroxylation is 1. The second kappa shape index (κ2) is 6.35. The maximum Gasteiger partial charge on any atom is 0.129 e. The maximum atomic E-state index is 4.15. The van der Waals surface area contributed by atoms with Crippen molar-refractivity contribution in [2.24, 2.45) is 0 Å². The quantitative estimate of drug-likeness (QED) is 0.695. The zero-order valence-corrected chi connectivity index (χ0v) is 9.75. The Morgan fingerprint density at radius 2 is 2.07 bits per heavy atom. The Bertz CT molecular complexity index is 286. The van der Waals surface area contributed by atoms with Crippen LogP contribution in [0.3, 0.4) is 0 Å². The van der Waals surface area contributed by atoms with Gasteiger partial charge in [0.15, 0.2) is 0 Å². The largest absolute Gasteiger partial charge is 0.369 e. The first-order valence-electron chi connectivity index (χ1n) is 5.50. The predicted molar refractivity (Wildman–Crippen MR) is 63.0 cm³/mol. The lowest BCUT2D eigenvalue weighted by atomic mass is 10.3. The summed E-state index contributed by atoms with van der Waals surface area (Å²) in [7, 11) is 0. The molecule has 1 rings (SSSR count). The molecule has 15 heavy (non-hydrogen) atoms. The summed E-state index contributed by atoms with van der Waals surface area (Å²) < 4.78 is 0. The molecule has 1 aromatic rings. The number of aromatic nitrogens is 2. The van der Waals surface area contributed by atoms with Gasteiger partial charge in [-0.15, -0.1) is 0 Å². The van der Waals surface area contributed by atoms with Gasteiger partial charge in [-0.25, -0.2) is 9.97 Å². The van der Waals surface area contributed by atoms with E-state index in [4.69, 9.17) is 0 Å². The van der Waals surface area contributed by atoms with Crippen LogP contribution in [-0.2, 0) is 6.42 Å². The average molecular weight is 208 g/mol. The minimum Gasteiger partial charge on any atom is -0.369 e. The Hall–Kier alpha value is -1.16. The molecular weight excluding hydrogens is 188 g/mol. The summed E-state index contributed by atoms with van der Waals surface area (Å²) in [5.41, 5.74) is 1.07. The van der Waals surface area contributed by atoms with Crippen LogP contribution in [0.25, 0.3) is 0 Å². The molecule has 0 bridgehead atoms. The van der Waals surface area contributed by atoms with Crippen LogP contribution in [0.5, 0.6) is 0 Å². The van der Waals surface area contributed by atoms with Gasteiger partial charge in [0.25, 0.3) is 0 Å². The third-order valence-corrected chi connectivity index (χ3v) is 2.07. The molecule has 0 fully saturated rings. The SMILES string of the molecule is CCc1cc(NCCNC(C)C)ncn1. The molecule has 0 amide bonds. The standard InChI is InChI=1S/C11H20N4/c1-4-10-7-11(15-8-14-10)13-6-5-12-9(2)3/h7-9,12H,4-6H2,1-3H3,(H,13,14,15). The highest BCUT2D eigenvalue weighted by atomic mass is 15.0. The zero-order chi connectivity index (χ0) is 11.1. The number of anilines is 1. The number of nitrogens with one attached hydrogen (secondary N) is 2. The van der Waals surface area contributed by atoms with Gasteiger partial charge in [0.05, 0.1) is 0 Å². The lowest BCUT2D eigenvalue weighted by Gasteiger charge is -2.09. The second-order valence-electron chi connectivity index (χ2n) is 3.78. The van der Waals surface area contributed by atoms with Crippen molar-refractivity contribution in [2.75, 3.05) is 18.4 Å². The third kappa shape index (κ3) is 4.74. The van der Waals surface area contributed by atoms with Crippen molar-refractivity contribution in [1.82, 2.24) is 15.3 Å². The summed E-state index contributed by atoms with van der Waals surface area (Å²) in [5.74, 6) is 0.910. The lowest BCUT2D eigenvalue weighted by Crippen LogP contribution is -2.28. The molecule has 0 spiro atoms. The smallest absolute Gasteiger partial charge is 0.129 e. The Kier molecular flexibility index (Phi) is 5.04. The highest BCUT2D eigenvalue weighted by Gasteiger charge is 1.96. The van der Waals surface area contributed by atoms with E-state index in [1.165, 1.54) is 0 Å². The topological polar surface area (TPSA) is 49.8 Å². The number of hydrogen-bond acceptors (Lipinski definition) is 4. The van der Waals surface area contributed by atoms with E-state index in [1.54, 1.807) is 6.33 Å². The van der Waals surface area contributed by atoms with E-state index in [-0.39, 0.29) is 0 Å². The normalized spacial score (nSPS) is 10.7. The van der Waals surface area contributed by atoms with Gasteiger partial charge in [-0.3, -0.25) is 0 Å². The van der Waals surface area contributed by atoms with Crippen LogP contribution < -0.4 is 10.6 Å². The molecule has 0 atom stereocenters. The molecule has 1 heterocycles. The first-order valence-corrected chi connectivity index (χ1v) is 5.50. The summed E-state index contributed by atoms with van der Waals surface area (Å²) in [4.78, 5) is 8.30. The van der Waals surface area contributed by atoms with Crippen LogP contribution in [0.1, 0.15) is 26.5 Å². The Morgan fingerprint density at radius 3 is 2.73 bits per heavy atom. The summed E-state index contributed by atoms with van der Waals surface area (Å²) in [6, 6.07) is 2.53. The highest BCUT2D eigenvalue weighted by molar-refractivity contribution is 5.34. The molecule has 0 aliphatic carbocycles. The second-order valence-corrected chi connectivity index (χ2v) is 3.78. The van der Waals surface area contributed by atoms with E-state index in [0.29, 0.717) is 6.04 Å². The predicted octanol–water partition coefficient (Wildman–Crippen LogP) is 1.45. The number of hydrogen-bond donors (Lipinski definition) is 2. The summed E-state index contributed by atoms with van der Waals surface area (Å²) >= 11 is 0. The molecule has 4 heteroatoms. The van der Waals surface area contributed by atoms with Gasteiger partial charge in [-0.05, 0) is 6.42 Å². The Balaban J connectivity index is 2.30. The van der Waals surface area contributed by atoms with Crippen molar-refractivity contribution in [3.8, 4) is 0 Å². The fourth-order valence-electron chi connectivity index (χ4n) is 1.24. The van der Waals surface area contributed by atoms with E-state index in [2.05, 4.69) is 41.4 Å². The first-order chi connectivity index (χ1) is 7.22. The zero-order valence-electron chi connectivity index (χ0n) is 9.75. The van der Waals surface area contributed by atoms with E-state index in [9.17, 15) is 0 Å². The van der Waals surface area contributed by atoms with Crippen LogP contribution in [0.4, 0.5) is 5.82 Å². The molecule has 1 aromatic heterocycles. The van der Waals surface area contributed by atoms with Crippen LogP contribution in [-0.4, -0.2) is 29.1 Å². The van der Waals surface area contributed by atoms with Crippen molar-refractivity contribution in [1.29, 1.82) is 0 Å². The van der Waals surface area contributed by atoms with Crippen molar-refractivity contribution < 1.29 is 0 Å². The minimum atomic E-state index is 0.531. The number of nitrogens with zero attached hydrogens (tertiary/aromatic N) is 2. The molecular formula is C11H20N4. The van der Waals surface area contributed by atoms with Gasteiger partial charge in [-0.1, -0.05) is 20.8 Å². The van der Waals surface area contributed by atoms with Crippen molar-refractivity contribution in [2.45, 2.75) is 33.2 Å². The van der Waals surface area contributed by atoms with Crippen LogP contribution in [0.2, 0.25) is 0 Å². The molecule has 0 aliphatic rings. The maximum absolute atomic E-state index is 4.15. The van der Waals surface area contributed by atoms with Gasteiger partial charge >= 0.3 is 0 Å². The molecule has 0 saturated carbocycles. The van der Waals surface area contributed by atoms with Crippen molar-refractivity contribution >= 4 is 5.82 Å². The summed E-state index contributed by atoms with van der Waals surface area (Å²) in [5, 5.41) is 6.60. The van der Waals surface area contributed by atoms with Gasteiger partial charge in [0.1, 0.15) is 12.1 Å². The van der Waals surface area contributed by atoms with E-state index < -0.39 is 0 Å². The summed E-state index contributed by atoms with van der Waals surface area (Å²) in [6.45, 7) is 8.20. The van der Waals surface area contributed by atoms with Gasteiger partial charge in [0.2, 0.25) is 0 Å². The average Bonchev–Trinajstić information content (AvgIpc) is 2.24. The Labute approximate surface area is 91.5 Å². The van der Waals surface area contributed by atoms with Crippen molar-refractivity contribution in [3.63, 3.8) is 0 Å². The minimum absolute atomic E-state index is 0.531. The fraction of sp³-hybridized carbons (Fsp3) is 0.636.